The van der Waals surface area contributed by atoms with Crippen LogP contribution >= 0.6 is 0 Å². The van der Waals surface area contributed by atoms with E-state index in [2.05, 4.69) is 15.2 Å². The normalized spacial score (nSPS) is 13.5. The number of pyridine rings is 1. The van der Waals surface area contributed by atoms with Gasteiger partial charge in [0.15, 0.2) is 0 Å². The molecular weight excluding hydrogens is 494 g/mol. The van der Waals surface area contributed by atoms with E-state index in [1.54, 1.807) is 48.7 Å². The Morgan fingerprint density at radius 2 is 1.59 bits per heavy atom. The van der Waals surface area contributed by atoms with Crippen molar-refractivity contribution in [3.63, 3.8) is 0 Å². The number of carbonyl (C=O) groups is 2. The number of carboxylic acid groups (broad SMARTS) is 1. The predicted molar refractivity (Wildman–Crippen MR) is 149 cm³/mol. The monoisotopic (exact) mass is 523 g/mol. The maximum atomic E-state index is 12.8. The van der Waals surface area contributed by atoms with E-state index in [1.165, 1.54) is 0 Å². The quantitative estimate of drug-likeness (QED) is 0.273. The molecule has 0 atom stereocenters. The Morgan fingerprint density at radius 1 is 0.846 bits per heavy atom. The van der Waals surface area contributed by atoms with E-state index in [9.17, 15) is 9.59 Å². The van der Waals surface area contributed by atoms with Crippen molar-refractivity contribution in [3.05, 3.63) is 108 Å². The third-order valence-corrected chi connectivity index (χ3v) is 6.61. The Kier molecular flexibility index (Phi) is 8.02. The maximum Gasteiger partial charge on any atom is 0.335 e. The molecule has 0 bridgehead atoms. The molecule has 0 radical (unpaired) electrons. The SMILES string of the molecule is O=C(O)c1ccc(OCC2CCN(c3ccc(NC(=O)c4cccc(Oc5ccccc5)c4)cn3)CC2)cc1. The summed E-state index contributed by atoms with van der Waals surface area (Å²) in [5.41, 5.74) is 1.36. The van der Waals surface area contributed by atoms with Gasteiger partial charge in [0, 0.05) is 18.7 Å². The van der Waals surface area contributed by atoms with E-state index in [4.69, 9.17) is 14.6 Å². The second kappa shape index (κ2) is 12.1. The number of hydrogen-bond acceptors (Lipinski definition) is 6. The maximum absolute atomic E-state index is 12.8. The third kappa shape index (κ3) is 6.93. The summed E-state index contributed by atoms with van der Waals surface area (Å²) in [5.74, 6) is 2.08. The summed E-state index contributed by atoms with van der Waals surface area (Å²) in [7, 11) is 0. The van der Waals surface area contributed by atoms with Crippen molar-refractivity contribution in [2.45, 2.75) is 12.8 Å². The Morgan fingerprint density at radius 3 is 2.28 bits per heavy atom. The molecule has 1 aliphatic heterocycles. The molecule has 1 aromatic heterocycles. The van der Waals surface area contributed by atoms with E-state index in [-0.39, 0.29) is 11.5 Å². The topological polar surface area (TPSA) is 101 Å². The van der Waals surface area contributed by atoms with Crippen LogP contribution < -0.4 is 19.7 Å². The number of piperidine rings is 1. The van der Waals surface area contributed by atoms with Gasteiger partial charge in [-0.05, 0) is 85.5 Å². The van der Waals surface area contributed by atoms with Gasteiger partial charge in [-0.15, -0.1) is 0 Å². The lowest BCUT2D eigenvalue weighted by atomic mass is 9.98. The highest BCUT2D eigenvalue weighted by Crippen LogP contribution is 2.25. The van der Waals surface area contributed by atoms with Crippen LogP contribution in [-0.4, -0.2) is 41.7 Å². The molecule has 8 nitrogen and oxygen atoms in total. The number of rotatable bonds is 9. The summed E-state index contributed by atoms with van der Waals surface area (Å²) in [4.78, 5) is 30.6. The average molecular weight is 524 g/mol. The van der Waals surface area contributed by atoms with Crippen LogP contribution in [0.15, 0.2) is 97.2 Å². The van der Waals surface area contributed by atoms with Gasteiger partial charge in [-0.3, -0.25) is 4.79 Å². The molecule has 0 aliphatic carbocycles. The fraction of sp³-hybridized carbons (Fsp3) is 0.194. The number of amides is 1. The Balaban J connectivity index is 1.10. The van der Waals surface area contributed by atoms with E-state index < -0.39 is 5.97 Å². The highest BCUT2D eigenvalue weighted by atomic mass is 16.5. The van der Waals surface area contributed by atoms with Crippen LogP contribution in [0.5, 0.6) is 17.2 Å². The van der Waals surface area contributed by atoms with Gasteiger partial charge in [0.25, 0.3) is 5.91 Å². The van der Waals surface area contributed by atoms with Crippen molar-refractivity contribution in [3.8, 4) is 17.2 Å². The fourth-order valence-electron chi connectivity index (χ4n) is 4.41. The highest BCUT2D eigenvalue weighted by molar-refractivity contribution is 6.04. The smallest absolute Gasteiger partial charge is 0.335 e. The molecule has 2 heterocycles. The van der Waals surface area contributed by atoms with Gasteiger partial charge in [0.2, 0.25) is 0 Å². The lowest BCUT2D eigenvalue weighted by molar-refractivity contribution is 0.0696. The second-order valence-electron chi connectivity index (χ2n) is 9.37. The minimum Gasteiger partial charge on any atom is -0.493 e. The molecule has 1 fully saturated rings. The number of ether oxygens (including phenoxy) is 2. The van der Waals surface area contributed by atoms with Crippen LogP contribution in [0.25, 0.3) is 0 Å². The average Bonchev–Trinajstić information content (AvgIpc) is 2.98. The van der Waals surface area contributed by atoms with Crippen molar-refractivity contribution in [1.82, 2.24) is 4.98 Å². The summed E-state index contributed by atoms with van der Waals surface area (Å²) in [6, 6.07) is 26.8. The zero-order valence-electron chi connectivity index (χ0n) is 21.3. The second-order valence-corrected chi connectivity index (χ2v) is 9.37. The van der Waals surface area contributed by atoms with Gasteiger partial charge >= 0.3 is 5.97 Å². The van der Waals surface area contributed by atoms with Crippen LogP contribution in [0.2, 0.25) is 0 Å². The molecule has 5 rings (SSSR count). The number of para-hydroxylation sites is 1. The molecule has 2 N–H and O–H groups in total. The number of nitrogens with zero attached hydrogens (tertiary/aromatic N) is 2. The van der Waals surface area contributed by atoms with Crippen molar-refractivity contribution >= 4 is 23.4 Å². The third-order valence-electron chi connectivity index (χ3n) is 6.61. The van der Waals surface area contributed by atoms with E-state index in [1.807, 2.05) is 48.5 Å². The minimum atomic E-state index is -0.947. The molecule has 39 heavy (non-hydrogen) atoms. The number of hydrogen-bond donors (Lipinski definition) is 2. The molecule has 0 unspecified atom stereocenters. The molecule has 1 saturated heterocycles. The van der Waals surface area contributed by atoms with E-state index >= 15 is 0 Å². The van der Waals surface area contributed by atoms with Crippen LogP contribution in [0, 0.1) is 5.92 Å². The van der Waals surface area contributed by atoms with Gasteiger partial charge in [-0.2, -0.15) is 0 Å². The van der Waals surface area contributed by atoms with Crippen LogP contribution in [0.1, 0.15) is 33.6 Å². The zero-order chi connectivity index (χ0) is 27.0. The number of nitrogens with one attached hydrogen (secondary N) is 1. The molecule has 1 aliphatic rings. The first-order valence-electron chi connectivity index (χ1n) is 12.8. The van der Waals surface area contributed by atoms with Gasteiger partial charge in [0.1, 0.15) is 23.1 Å². The number of benzene rings is 3. The van der Waals surface area contributed by atoms with Crippen molar-refractivity contribution in [2.75, 3.05) is 29.9 Å². The number of aromatic nitrogens is 1. The summed E-state index contributed by atoms with van der Waals surface area (Å²) in [6.07, 6.45) is 3.61. The zero-order valence-corrected chi connectivity index (χ0v) is 21.3. The first-order valence-corrected chi connectivity index (χ1v) is 12.8. The van der Waals surface area contributed by atoms with E-state index in [0.717, 1.165) is 31.7 Å². The molecule has 0 saturated carbocycles. The van der Waals surface area contributed by atoms with Gasteiger partial charge in [0.05, 0.1) is 24.1 Å². The minimum absolute atomic E-state index is 0.235. The van der Waals surface area contributed by atoms with Crippen molar-refractivity contribution in [2.24, 2.45) is 5.92 Å². The largest absolute Gasteiger partial charge is 0.493 e. The summed E-state index contributed by atoms with van der Waals surface area (Å²) >= 11 is 0. The molecule has 0 spiro atoms. The summed E-state index contributed by atoms with van der Waals surface area (Å²) in [5, 5.41) is 11.9. The lowest BCUT2D eigenvalue weighted by Crippen LogP contribution is -2.36. The Bertz CT molecular complexity index is 1400. The Hall–Kier alpha value is -4.85. The van der Waals surface area contributed by atoms with E-state index in [0.29, 0.717) is 41.0 Å². The van der Waals surface area contributed by atoms with Gasteiger partial charge < -0.3 is 24.8 Å². The number of aromatic carboxylic acids is 1. The van der Waals surface area contributed by atoms with Gasteiger partial charge in [-0.1, -0.05) is 24.3 Å². The molecule has 1 amide bonds. The first-order chi connectivity index (χ1) is 19.0. The van der Waals surface area contributed by atoms with Crippen LogP contribution in [0.4, 0.5) is 11.5 Å². The molecule has 3 aromatic carbocycles. The summed E-state index contributed by atoms with van der Waals surface area (Å²) < 4.78 is 11.7. The molecule has 4 aromatic rings. The predicted octanol–water partition coefficient (Wildman–Crippen LogP) is 6.12. The molecule has 8 heteroatoms. The molecular formula is C31H29N3O5. The first kappa shape index (κ1) is 25.8. The molecule has 198 valence electrons. The lowest BCUT2D eigenvalue weighted by Gasteiger charge is -2.32. The van der Waals surface area contributed by atoms with Crippen LogP contribution in [0.3, 0.4) is 0 Å². The number of anilines is 2. The fourth-order valence-corrected chi connectivity index (χ4v) is 4.41. The van der Waals surface area contributed by atoms with Crippen molar-refractivity contribution in [1.29, 1.82) is 0 Å². The number of carbonyl (C=O) groups excluding carboxylic acids is 1. The van der Waals surface area contributed by atoms with Gasteiger partial charge in [-0.25, -0.2) is 9.78 Å². The van der Waals surface area contributed by atoms with Crippen LogP contribution in [-0.2, 0) is 0 Å². The number of carboxylic acids is 1. The summed E-state index contributed by atoms with van der Waals surface area (Å²) in [6.45, 7) is 2.31. The standard InChI is InChI=1S/C31H29N3O5/c35-30(24-5-4-8-28(19-24)39-27-6-2-1-3-7-27)33-25-11-14-29(32-20-25)34-17-15-22(16-18-34)21-38-26-12-9-23(10-13-26)31(36)37/h1-14,19-20,22H,15-18,21H2,(H,33,35)(H,36,37). The highest BCUT2D eigenvalue weighted by Gasteiger charge is 2.21. The van der Waals surface area contributed by atoms with Crippen molar-refractivity contribution < 1.29 is 24.2 Å². The Labute approximate surface area is 226 Å².